The molecule has 4 rings (SSSR count). The summed E-state index contributed by atoms with van der Waals surface area (Å²) in [5.41, 5.74) is 1.11. The van der Waals surface area contributed by atoms with Crippen molar-refractivity contribution in [3.8, 4) is 11.5 Å². The Morgan fingerprint density at radius 3 is 2.54 bits per heavy atom. The lowest BCUT2D eigenvalue weighted by Crippen LogP contribution is -2.62. The van der Waals surface area contributed by atoms with Crippen LogP contribution in [0.5, 0.6) is 11.5 Å². The number of aryl methyl sites for hydroxylation is 1. The lowest BCUT2D eigenvalue weighted by atomic mass is 9.53. The number of likely N-dealkylation sites (N-methyl/N-ethyl adjacent to an activating group) is 1. The van der Waals surface area contributed by atoms with Gasteiger partial charge in [-0.3, -0.25) is 9.69 Å². The summed E-state index contributed by atoms with van der Waals surface area (Å²) in [6, 6.07) is 3.63. The quantitative estimate of drug-likeness (QED) is 0.892. The van der Waals surface area contributed by atoms with Crippen LogP contribution in [0.25, 0.3) is 0 Å². The fourth-order valence-electron chi connectivity index (χ4n) is 5.72. The minimum absolute atomic E-state index is 0.0616. The van der Waals surface area contributed by atoms with E-state index >= 15 is 0 Å². The lowest BCUT2D eigenvalue weighted by molar-refractivity contribution is -0.124. The molecule has 0 radical (unpaired) electrons. The number of aromatic hydroxyl groups is 1. The number of hydrogen-bond donors (Lipinski definition) is 1. The van der Waals surface area contributed by atoms with E-state index in [1.165, 1.54) is 7.11 Å². The molecule has 6 nitrogen and oxygen atoms in total. The topological polar surface area (TPSA) is 68.2 Å². The Morgan fingerprint density at radius 1 is 1.12 bits per heavy atom. The molecule has 2 aliphatic carbocycles. The van der Waals surface area contributed by atoms with Gasteiger partial charge in [-0.15, -0.1) is 0 Å². The third kappa shape index (κ3) is 1.78. The minimum Gasteiger partial charge on any atom is -0.504 e. The molecular formula is C20H25NO5. The first-order valence-corrected chi connectivity index (χ1v) is 8.93. The monoisotopic (exact) mass is 359 g/mol. The summed E-state index contributed by atoms with van der Waals surface area (Å²) >= 11 is 0. The van der Waals surface area contributed by atoms with Gasteiger partial charge in [0, 0.05) is 17.4 Å². The Kier molecular flexibility index (Phi) is 3.74. The molecule has 0 saturated carbocycles. The van der Waals surface area contributed by atoms with Gasteiger partial charge in [-0.05, 0) is 44.5 Å². The van der Waals surface area contributed by atoms with Gasteiger partial charge >= 0.3 is 0 Å². The van der Waals surface area contributed by atoms with Crippen LogP contribution in [0.15, 0.2) is 23.7 Å². The van der Waals surface area contributed by atoms with Crippen molar-refractivity contribution < 1.29 is 24.1 Å². The van der Waals surface area contributed by atoms with Gasteiger partial charge in [-0.25, -0.2) is 0 Å². The summed E-state index contributed by atoms with van der Waals surface area (Å²) in [4.78, 5) is 15.3. The van der Waals surface area contributed by atoms with Crippen LogP contribution in [0.1, 0.15) is 30.4 Å². The average molecular weight is 359 g/mol. The van der Waals surface area contributed by atoms with Crippen LogP contribution in [-0.4, -0.2) is 56.3 Å². The van der Waals surface area contributed by atoms with Crippen molar-refractivity contribution in [2.45, 2.75) is 36.6 Å². The van der Waals surface area contributed by atoms with Crippen LogP contribution in [0, 0.1) is 0 Å². The van der Waals surface area contributed by atoms with Crippen molar-refractivity contribution in [3.63, 3.8) is 0 Å². The van der Waals surface area contributed by atoms with Crippen LogP contribution in [0.3, 0.4) is 0 Å². The number of phenolic OH excluding ortho intramolecular Hbond substituents is 1. The van der Waals surface area contributed by atoms with E-state index in [0.29, 0.717) is 23.7 Å². The molecule has 2 atom stereocenters. The summed E-state index contributed by atoms with van der Waals surface area (Å²) in [5, 5.41) is 10.4. The number of ketones is 1. The highest BCUT2D eigenvalue weighted by Gasteiger charge is 2.68. The van der Waals surface area contributed by atoms with Crippen molar-refractivity contribution in [2.75, 3.05) is 34.9 Å². The molecule has 0 spiro atoms. The van der Waals surface area contributed by atoms with Crippen molar-refractivity contribution in [2.24, 2.45) is 0 Å². The number of carbonyl (C=O) groups excluding carboxylic acids is 1. The van der Waals surface area contributed by atoms with E-state index < -0.39 is 11.0 Å². The number of methoxy groups -OCH3 is 3. The Morgan fingerprint density at radius 2 is 1.88 bits per heavy atom. The molecule has 0 bridgehead atoms. The Hall–Kier alpha value is -2.21. The molecular weight excluding hydrogens is 334 g/mol. The summed E-state index contributed by atoms with van der Waals surface area (Å²) in [5.74, 6) is 1.45. The maximum atomic E-state index is 13.0. The highest BCUT2D eigenvalue weighted by atomic mass is 16.5. The van der Waals surface area contributed by atoms with Gasteiger partial charge in [-0.1, -0.05) is 6.07 Å². The van der Waals surface area contributed by atoms with Crippen LogP contribution in [0.2, 0.25) is 0 Å². The number of ether oxygens (including phenoxy) is 3. The molecule has 3 aliphatic rings. The van der Waals surface area contributed by atoms with Crippen LogP contribution >= 0.6 is 0 Å². The molecule has 140 valence electrons. The highest BCUT2D eigenvalue weighted by molar-refractivity contribution is 5.97. The maximum Gasteiger partial charge on any atom is 0.201 e. The number of Topliss-reactive ketones (excluding diaryl/α,β-unsaturated/α-hetero) is 1. The Labute approximate surface area is 153 Å². The molecule has 26 heavy (non-hydrogen) atoms. The van der Waals surface area contributed by atoms with E-state index in [4.69, 9.17) is 14.2 Å². The molecule has 1 heterocycles. The Balaban J connectivity index is 2.09. The summed E-state index contributed by atoms with van der Waals surface area (Å²) in [6.45, 7) is 0.829. The highest BCUT2D eigenvalue weighted by Crippen LogP contribution is 2.63. The smallest absolute Gasteiger partial charge is 0.201 e. The largest absolute Gasteiger partial charge is 0.504 e. The van der Waals surface area contributed by atoms with E-state index in [-0.39, 0.29) is 11.5 Å². The van der Waals surface area contributed by atoms with Crippen molar-refractivity contribution >= 4 is 5.78 Å². The standard InChI is InChI=1S/C20H25NO5/c1-21-10-9-19-11-14(23)17(25-3)18(26-4)20(19,21)8-7-12-5-6-13(22)16(24-2)15(12)19/h5-6,22H,7-11H2,1-4H3/t19-,20+/m1/s1. The number of likely N-dealkylation sites (tertiary alicyclic amines) is 1. The van der Waals surface area contributed by atoms with E-state index in [0.717, 1.165) is 36.9 Å². The van der Waals surface area contributed by atoms with E-state index in [9.17, 15) is 9.90 Å². The summed E-state index contributed by atoms with van der Waals surface area (Å²) < 4.78 is 16.9. The molecule has 0 amide bonds. The van der Waals surface area contributed by atoms with Crippen LogP contribution < -0.4 is 4.74 Å². The normalized spacial score (nSPS) is 30.5. The molecule has 6 heteroatoms. The molecule has 1 N–H and O–H groups in total. The number of fused-ring (bicyclic) bond motifs is 1. The van der Waals surface area contributed by atoms with Gasteiger partial charge in [-0.2, -0.15) is 0 Å². The first-order chi connectivity index (χ1) is 12.5. The number of allylic oxidation sites excluding steroid dienone is 1. The Bertz CT molecular complexity index is 817. The first kappa shape index (κ1) is 17.2. The van der Waals surface area contributed by atoms with E-state index in [2.05, 4.69) is 11.9 Å². The predicted molar refractivity (Wildman–Crippen MR) is 95.3 cm³/mol. The van der Waals surface area contributed by atoms with Gasteiger partial charge in [0.25, 0.3) is 0 Å². The molecule has 1 aromatic rings. The van der Waals surface area contributed by atoms with Gasteiger partial charge < -0.3 is 19.3 Å². The molecule has 1 fully saturated rings. The minimum atomic E-state index is -0.496. The molecule has 1 aromatic carbocycles. The van der Waals surface area contributed by atoms with E-state index in [1.54, 1.807) is 20.3 Å². The van der Waals surface area contributed by atoms with Crippen LogP contribution in [-0.2, 0) is 26.1 Å². The maximum absolute atomic E-state index is 13.0. The van der Waals surface area contributed by atoms with E-state index in [1.807, 2.05) is 6.07 Å². The number of benzene rings is 1. The van der Waals surface area contributed by atoms with Crippen molar-refractivity contribution in [1.82, 2.24) is 4.90 Å². The number of phenols is 1. The third-order valence-corrected chi connectivity index (χ3v) is 6.69. The summed E-state index contributed by atoms with van der Waals surface area (Å²) in [7, 11) is 6.77. The first-order valence-electron chi connectivity index (χ1n) is 8.93. The van der Waals surface area contributed by atoms with Crippen LogP contribution in [0.4, 0.5) is 0 Å². The number of rotatable bonds is 3. The zero-order chi connectivity index (χ0) is 18.7. The van der Waals surface area contributed by atoms with Gasteiger partial charge in [0.1, 0.15) is 0 Å². The second-order valence-corrected chi connectivity index (χ2v) is 7.43. The SMILES string of the molecule is COC1=C(OC)[C@@]23CCc4ccc(O)c(OC)c4[C@@]2(CCN3C)CC1=O. The fraction of sp³-hybridized carbons (Fsp3) is 0.550. The van der Waals surface area contributed by atoms with Crippen molar-refractivity contribution in [1.29, 1.82) is 0 Å². The average Bonchev–Trinajstić information content (AvgIpc) is 2.94. The number of nitrogens with zero attached hydrogens (tertiary/aromatic N) is 1. The predicted octanol–water partition coefficient (Wildman–Crippen LogP) is 2.14. The lowest BCUT2D eigenvalue weighted by Gasteiger charge is -2.55. The third-order valence-electron chi connectivity index (χ3n) is 6.69. The van der Waals surface area contributed by atoms with Gasteiger partial charge in [0.2, 0.25) is 11.5 Å². The molecule has 0 unspecified atom stereocenters. The molecule has 1 saturated heterocycles. The number of hydrogen-bond acceptors (Lipinski definition) is 6. The van der Waals surface area contributed by atoms with Gasteiger partial charge in [0.15, 0.2) is 17.3 Å². The van der Waals surface area contributed by atoms with Crippen molar-refractivity contribution in [3.05, 3.63) is 34.8 Å². The fourth-order valence-corrected chi connectivity index (χ4v) is 5.72. The number of carbonyl (C=O) groups is 1. The molecule has 0 aromatic heterocycles. The van der Waals surface area contributed by atoms with Gasteiger partial charge in [0.05, 0.1) is 26.9 Å². The second-order valence-electron chi connectivity index (χ2n) is 7.43. The zero-order valence-corrected chi connectivity index (χ0v) is 15.7. The second kappa shape index (κ2) is 5.64. The zero-order valence-electron chi connectivity index (χ0n) is 15.7. The molecule has 1 aliphatic heterocycles. The summed E-state index contributed by atoms with van der Waals surface area (Å²) in [6.07, 6.45) is 2.76.